The van der Waals surface area contributed by atoms with E-state index in [1.165, 1.54) is 4.80 Å². The highest BCUT2D eigenvalue weighted by Gasteiger charge is 2.09. The summed E-state index contributed by atoms with van der Waals surface area (Å²) in [6.07, 6.45) is 0. The van der Waals surface area contributed by atoms with Crippen LogP contribution in [-0.2, 0) is 11.3 Å². The highest BCUT2D eigenvalue weighted by Crippen LogP contribution is 2.29. The highest BCUT2D eigenvalue weighted by atomic mass is 32.2. The SMILES string of the molecule is COc1ccc(Sc2ccc(NC(=O)Cn3nnc(-c4ccccc4)n3)cc2)cc1. The summed E-state index contributed by atoms with van der Waals surface area (Å²) in [6.45, 7) is -0.0117. The lowest BCUT2D eigenvalue weighted by Gasteiger charge is -2.07. The number of tetrazole rings is 1. The first kappa shape index (κ1) is 19.7. The van der Waals surface area contributed by atoms with Gasteiger partial charge in [-0.05, 0) is 53.7 Å². The summed E-state index contributed by atoms with van der Waals surface area (Å²) in [4.78, 5) is 15.8. The second-order valence-corrected chi connectivity index (χ2v) is 7.51. The van der Waals surface area contributed by atoms with Gasteiger partial charge in [-0.15, -0.1) is 10.2 Å². The van der Waals surface area contributed by atoms with Gasteiger partial charge in [-0.2, -0.15) is 4.80 Å². The number of methoxy groups -OCH3 is 1. The van der Waals surface area contributed by atoms with Gasteiger partial charge in [0.15, 0.2) is 0 Å². The fourth-order valence-corrected chi connectivity index (χ4v) is 3.54. The van der Waals surface area contributed by atoms with E-state index in [1.807, 2.05) is 78.9 Å². The molecule has 0 unspecified atom stereocenters. The normalized spacial score (nSPS) is 10.6. The lowest BCUT2D eigenvalue weighted by Crippen LogP contribution is -2.20. The molecule has 0 aliphatic carbocycles. The number of aromatic nitrogens is 4. The standard InChI is InChI=1S/C22H19N5O2S/c1-29-18-9-13-20(14-10-18)30-19-11-7-17(8-12-19)23-21(28)15-27-25-22(24-26-27)16-5-3-2-4-6-16/h2-14H,15H2,1H3,(H,23,28). The van der Waals surface area contributed by atoms with Crippen LogP contribution >= 0.6 is 11.8 Å². The van der Waals surface area contributed by atoms with Crippen LogP contribution in [0.1, 0.15) is 0 Å². The van der Waals surface area contributed by atoms with Gasteiger partial charge in [0.2, 0.25) is 11.7 Å². The molecule has 0 radical (unpaired) electrons. The summed E-state index contributed by atoms with van der Waals surface area (Å²) in [5.41, 5.74) is 1.57. The van der Waals surface area contributed by atoms with Gasteiger partial charge in [0, 0.05) is 21.0 Å². The number of benzene rings is 3. The van der Waals surface area contributed by atoms with Gasteiger partial charge < -0.3 is 10.1 Å². The van der Waals surface area contributed by atoms with Crippen molar-refractivity contribution in [3.8, 4) is 17.1 Å². The van der Waals surface area contributed by atoms with Crippen LogP contribution < -0.4 is 10.1 Å². The molecule has 1 aromatic heterocycles. The van der Waals surface area contributed by atoms with Crippen molar-refractivity contribution in [2.24, 2.45) is 0 Å². The van der Waals surface area contributed by atoms with E-state index >= 15 is 0 Å². The number of hydrogen-bond donors (Lipinski definition) is 1. The minimum atomic E-state index is -0.220. The van der Waals surface area contributed by atoms with Crippen LogP contribution in [0.5, 0.6) is 5.75 Å². The molecule has 3 aromatic carbocycles. The van der Waals surface area contributed by atoms with Crippen LogP contribution in [0.25, 0.3) is 11.4 Å². The molecule has 0 saturated carbocycles. The van der Waals surface area contributed by atoms with Crippen molar-refractivity contribution in [2.75, 3.05) is 12.4 Å². The molecule has 1 amide bonds. The molecule has 150 valence electrons. The van der Waals surface area contributed by atoms with Crippen molar-refractivity contribution in [3.63, 3.8) is 0 Å². The summed E-state index contributed by atoms with van der Waals surface area (Å²) >= 11 is 1.64. The molecule has 0 bridgehead atoms. The van der Waals surface area contributed by atoms with Crippen LogP contribution in [0.4, 0.5) is 5.69 Å². The largest absolute Gasteiger partial charge is 0.497 e. The number of rotatable bonds is 7. The van der Waals surface area contributed by atoms with E-state index < -0.39 is 0 Å². The fourth-order valence-electron chi connectivity index (χ4n) is 2.73. The van der Waals surface area contributed by atoms with Crippen LogP contribution in [0.2, 0.25) is 0 Å². The average Bonchev–Trinajstić information content (AvgIpc) is 3.24. The third kappa shape index (κ3) is 5.03. The molecule has 0 atom stereocenters. The number of amides is 1. The Labute approximate surface area is 178 Å². The Hall–Kier alpha value is -3.65. The Morgan fingerprint density at radius 3 is 2.30 bits per heavy atom. The van der Waals surface area contributed by atoms with Gasteiger partial charge >= 0.3 is 0 Å². The third-order valence-corrected chi connectivity index (χ3v) is 5.22. The smallest absolute Gasteiger partial charge is 0.248 e. The number of carbonyl (C=O) groups is 1. The Morgan fingerprint density at radius 1 is 0.967 bits per heavy atom. The molecule has 0 fully saturated rings. The number of hydrogen-bond acceptors (Lipinski definition) is 6. The van der Waals surface area contributed by atoms with Crippen molar-refractivity contribution >= 4 is 23.4 Å². The van der Waals surface area contributed by atoms with Gasteiger partial charge in [-0.3, -0.25) is 4.79 Å². The molecule has 4 aromatic rings. The van der Waals surface area contributed by atoms with Crippen molar-refractivity contribution in [3.05, 3.63) is 78.9 Å². The predicted octanol–water partition coefficient (Wildman–Crippen LogP) is 4.14. The molecule has 8 heteroatoms. The molecule has 1 N–H and O–H groups in total. The number of nitrogens with one attached hydrogen (secondary N) is 1. The van der Waals surface area contributed by atoms with Crippen molar-refractivity contribution in [2.45, 2.75) is 16.3 Å². The van der Waals surface area contributed by atoms with Crippen LogP contribution in [0.3, 0.4) is 0 Å². The topological polar surface area (TPSA) is 81.9 Å². The maximum Gasteiger partial charge on any atom is 0.248 e. The fraction of sp³-hybridized carbons (Fsp3) is 0.0909. The van der Waals surface area contributed by atoms with E-state index in [9.17, 15) is 4.79 Å². The van der Waals surface area contributed by atoms with Crippen LogP contribution in [-0.4, -0.2) is 33.2 Å². The molecule has 7 nitrogen and oxygen atoms in total. The monoisotopic (exact) mass is 417 g/mol. The highest BCUT2D eigenvalue weighted by molar-refractivity contribution is 7.99. The van der Waals surface area contributed by atoms with Crippen molar-refractivity contribution < 1.29 is 9.53 Å². The molecule has 0 aliphatic heterocycles. The molecular weight excluding hydrogens is 398 g/mol. The lowest BCUT2D eigenvalue weighted by molar-refractivity contribution is -0.117. The van der Waals surface area contributed by atoms with Gasteiger partial charge in [-0.25, -0.2) is 0 Å². The zero-order valence-electron chi connectivity index (χ0n) is 16.2. The number of ether oxygens (including phenoxy) is 1. The summed E-state index contributed by atoms with van der Waals surface area (Å²) in [5.74, 6) is 1.10. The Morgan fingerprint density at radius 2 is 1.63 bits per heavy atom. The second-order valence-electron chi connectivity index (χ2n) is 6.36. The van der Waals surface area contributed by atoms with E-state index in [1.54, 1.807) is 18.9 Å². The Balaban J connectivity index is 1.33. The molecule has 0 aliphatic rings. The number of nitrogens with zero attached hydrogens (tertiary/aromatic N) is 4. The van der Waals surface area contributed by atoms with Gasteiger partial charge in [0.25, 0.3) is 0 Å². The van der Waals surface area contributed by atoms with E-state index in [0.717, 1.165) is 21.1 Å². The first-order chi connectivity index (χ1) is 14.7. The minimum Gasteiger partial charge on any atom is -0.497 e. The molecule has 4 rings (SSSR count). The first-order valence-electron chi connectivity index (χ1n) is 9.25. The van der Waals surface area contributed by atoms with Crippen LogP contribution in [0, 0.1) is 0 Å². The minimum absolute atomic E-state index is 0.0117. The van der Waals surface area contributed by atoms with E-state index in [-0.39, 0.29) is 12.5 Å². The van der Waals surface area contributed by atoms with Crippen molar-refractivity contribution in [1.82, 2.24) is 20.2 Å². The third-order valence-electron chi connectivity index (χ3n) is 4.20. The molecular formula is C22H19N5O2S. The first-order valence-corrected chi connectivity index (χ1v) is 10.1. The molecule has 0 saturated heterocycles. The lowest BCUT2D eigenvalue weighted by atomic mass is 10.2. The zero-order valence-corrected chi connectivity index (χ0v) is 17.0. The number of anilines is 1. The molecule has 0 spiro atoms. The molecule has 30 heavy (non-hydrogen) atoms. The van der Waals surface area contributed by atoms with Gasteiger partial charge in [0.05, 0.1) is 7.11 Å². The predicted molar refractivity (Wildman–Crippen MR) is 115 cm³/mol. The Kier molecular flexibility index (Phi) is 6.05. The maximum atomic E-state index is 12.3. The maximum absolute atomic E-state index is 12.3. The van der Waals surface area contributed by atoms with Crippen molar-refractivity contribution in [1.29, 1.82) is 0 Å². The summed E-state index contributed by atoms with van der Waals surface area (Å²) in [5, 5.41) is 15.1. The van der Waals surface area contributed by atoms with Crippen LogP contribution in [0.15, 0.2) is 88.7 Å². The van der Waals surface area contributed by atoms with Gasteiger partial charge in [0.1, 0.15) is 12.3 Å². The summed E-state index contributed by atoms with van der Waals surface area (Å²) in [7, 11) is 1.65. The average molecular weight is 417 g/mol. The Bertz CT molecular complexity index is 1110. The second kappa shape index (κ2) is 9.23. The van der Waals surface area contributed by atoms with E-state index in [2.05, 4.69) is 20.7 Å². The summed E-state index contributed by atoms with van der Waals surface area (Å²) in [6, 6.07) is 25.1. The quantitative estimate of drug-likeness (QED) is 0.487. The van der Waals surface area contributed by atoms with E-state index in [0.29, 0.717) is 11.5 Å². The van der Waals surface area contributed by atoms with E-state index in [4.69, 9.17) is 4.74 Å². The molecule has 1 heterocycles. The van der Waals surface area contributed by atoms with Gasteiger partial charge in [-0.1, -0.05) is 42.1 Å². The summed E-state index contributed by atoms with van der Waals surface area (Å²) < 4.78 is 5.17. The zero-order chi connectivity index (χ0) is 20.8. The number of carbonyl (C=O) groups excluding carboxylic acids is 1.